The molecule has 2 fully saturated rings. The van der Waals surface area contributed by atoms with E-state index < -0.39 is 0 Å². The molecule has 0 aliphatic carbocycles. The van der Waals surface area contributed by atoms with Crippen LogP contribution in [-0.4, -0.2) is 31.2 Å². The molecule has 0 radical (unpaired) electrons. The quantitative estimate of drug-likeness (QED) is 0.779. The van der Waals surface area contributed by atoms with Crippen LogP contribution in [0.5, 0.6) is 0 Å². The molecule has 4 heteroatoms. The molecular weight excluding hydrogens is 288 g/mol. The number of halogens is 1. The van der Waals surface area contributed by atoms with Crippen molar-refractivity contribution in [3.8, 4) is 0 Å². The number of benzene rings is 1. The first-order chi connectivity index (χ1) is 10.1. The Balaban J connectivity index is 1.79. The van der Waals surface area contributed by atoms with Crippen molar-refractivity contribution in [2.75, 3.05) is 19.8 Å². The maximum Gasteiger partial charge on any atom is 0.166 e. The minimum Gasteiger partial charge on any atom is -0.381 e. The largest absolute Gasteiger partial charge is 0.381 e. The van der Waals surface area contributed by atoms with E-state index in [1.165, 1.54) is 0 Å². The van der Waals surface area contributed by atoms with E-state index in [1.807, 2.05) is 19.1 Å². The molecule has 114 valence electrons. The molecule has 2 heterocycles. The monoisotopic (exact) mass is 308 g/mol. The van der Waals surface area contributed by atoms with Gasteiger partial charge < -0.3 is 9.47 Å². The number of Topliss-reactive ketones (excluding diaryl/α,β-unsaturated/α-hetero) is 1. The second kappa shape index (κ2) is 6.07. The molecule has 1 aromatic rings. The molecule has 0 N–H and O–H groups in total. The van der Waals surface area contributed by atoms with Crippen LogP contribution in [0.25, 0.3) is 0 Å². The number of carbonyl (C=O) groups is 1. The second-order valence-corrected chi connectivity index (χ2v) is 6.59. The summed E-state index contributed by atoms with van der Waals surface area (Å²) >= 11 is 6.05. The molecule has 1 atom stereocenters. The molecule has 1 aromatic carbocycles. The Morgan fingerprint density at radius 1 is 1.29 bits per heavy atom. The Kier molecular flexibility index (Phi) is 4.34. The number of hydrogen-bond donors (Lipinski definition) is 0. The first-order valence-electron chi connectivity index (χ1n) is 7.62. The minimum atomic E-state index is -0.149. The van der Waals surface area contributed by atoms with E-state index in [0.29, 0.717) is 11.6 Å². The topological polar surface area (TPSA) is 35.5 Å². The molecule has 0 aromatic heterocycles. The smallest absolute Gasteiger partial charge is 0.166 e. The van der Waals surface area contributed by atoms with Gasteiger partial charge in [0.05, 0.1) is 5.60 Å². The Morgan fingerprint density at radius 3 is 2.81 bits per heavy atom. The van der Waals surface area contributed by atoms with Crippen molar-refractivity contribution in [3.05, 3.63) is 34.3 Å². The molecular formula is C17H21ClO3. The summed E-state index contributed by atoms with van der Waals surface area (Å²) in [5.74, 6) is 0.248. The fourth-order valence-corrected chi connectivity index (χ4v) is 3.60. The van der Waals surface area contributed by atoms with Crippen LogP contribution in [0.4, 0.5) is 0 Å². The van der Waals surface area contributed by atoms with E-state index in [9.17, 15) is 4.79 Å². The molecule has 0 bridgehead atoms. The molecule has 3 rings (SSSR count). The summed E-state index contributed by atoms with van der Waals surface area (Å²) in [6.45, 7) is 4.09. The molecule has 1 spiro atoms. The number of ketones is 1. The van der Waals surface area contributed by atoms with Crippen molar-refractivity contribution in [1.29, 1.82) is 0 Å². The van der Waals surface area contributed by atoms with Crippen LogP contribution in [0.3, 0.4) is 0 Å². The van der Waals surface area contributed by atoms with Crippen LogP contribution in [0.1, 0.15) is 41.6 Å². The van der Waals surface area contributed by atoms with Gasteiger partial charge in [0.15, 0.2) is 5.78 Å². The van der Waals surface area contributed by atoms with Crippen LogP contribution in [0, 0.1) is 12.8 Å². The molecule has 2 aliphatic heterocycles. The average molecular weight is 309 g/mol. The number of rotatable bonds is 2. The van der Waals surface area contributed by atoms with Crippen molar-refractivity contribution >= 4 is 17.4 Å². The van der Waals surface area contributed by atoms with Gasteiger partial charge in [-0.05, 0) is 50.3 Å². The third-order valence-electron chi connectivity index (χ3n) is 4.73. The van der Waals surface area contributed by atoms with Crippen molar-refractivity contribution in [3.63, 3.8) is 0 Å². The van der Waals surface area contributed by atoms with Gasteiger partial charge in [0.25, 0.3) is 0 Å². The summed E-state index contributed by atoms with van der Waals surface area (Å²) in [5.41, 5.74) is 1.61. The van der Waals surface area contributed by atoms with Crippen LogP contribution in [0.2, 0.25) is 5.02 Å². The highest BCUT2D eigenvalue weighted by atomic mass is 35.5. The van der Waals surface area contributed by atoms with Gasteiger partial charge in [-0.25, -0.2) is 0 Å². The maximum absolute atomic E-state index is 12.9. The predicted octanol–water partition coefficient (Wildman–Crippen LogP) is 3.81. The molecule has 3 nitrogen and oxygen atoms in total. The van der Waals surface area contributed by atoms with Gasteiger partial charge in [0.1, 0.15) is 0 Å². The van der Waals surface area contributed by atoms with Crippen LogP contribution >= 0.6 is 11.6 Å². The summed E-state index contributed by atoms with van der Waals surface area (Å²) in [4.78, 5) is 12.9. The lowest BCUT2D eigenvalue weighted by molar-refractivity contribution is -0.142. The minimum absolute atomic E-state index is 0.0361. The van der Waals surface area contributed by atoms with Crippen molar-refractivity contribution in [2.45, 2.75) is 38.2 Å². The lowest BCUT2D eigenvalue weighted by atomic mass is 9.77. The number of carbonyl (C=O) groups excluding carboxylic acids is 1. The maximum atomic E-state index is 12.9. The normalized spacial score (nSPS) is 25.0. The highest BCUT2D eigenvalue weighted by Crippen LogP contribution is 2.38. The summed E-state index contributed by atoms with van der Waals surface area (Å²) in [6, 6.07) is 5.54. The van der Waals surface area contributed by atoms with E-state index in [-0.39, 0.29) is 17.3 Å². The van der Waals surface area contributed by atoms with Gasteiger partial charge in [-0.2, -0.15) is 0 Å². The second-order valence-electron chi connectivity index (χ2n) is 6.16. The molecule has 2 saturated heterocycles. The molecule has 2 aliphatic rings. The third kappa shape index (κ3) is 3.15. The Hall–Kier alpha value is -0.900. The van der Waals surface area contributed by atoms with Gasteiger partial charge in [0.2, 0.25) is 0 Å². The summed E-state index contributed by atoms with van der Waals surface area (Å²) in [6.07, 6.45) is 3.39. The first-order valence-corrected chi connectivity index (χ1v) is 8.00. The van der Waals surface area contributed by atoms with Crippen LogP contribution in [0.15, 0.2) is 18.2 Å². The summed E-state index contributed by atoms with van der Waals surface area (Å²) < 4.78 is 11.4. The fraction of sp³-hybridized carbons (Fsp3) is 0.588. The van der Waals surface area contributed by atoms with E-state index in [0.717, 1.165) is 50.0 Å². The highest BCUT2D eigenvalue weighted by molar-refractivity contribution is 6.31. The predicted molar refractivity (Wildman–Crippen MR) is 82.0 cm³/mol. The lowest BCUT2D eigenvalue weighted by Crippen LogP contribution is -2.46. The summed E-state index contributed by atoms with van der Waals surface area (Å²) in [7, 11) is 0. The Labute approximate surface area is 130 Å². The van der Waals surface area contributed by atoms with Crippen molar-refractivity contribution < 1.29 is 14.3 Å². The van der Waals surface area contributed by atoms with Gasteiger partial charge in [0, 0.05) is 36.3 Å². The number of hydrogen-bond acceptors (Lipinski definition) is 3. The fourth-order valence-electron chi connectivity index (χ4n) is 3.42. The van der Waals surface area contributed by atoms with E-state index in [1.54, 1.807) is 6.07 Å². The zero-order valence-electron chi connectivity index (χ0n) is 12.4. The Bertz CT molecular complexity index is 529. The SMILES string of the molecule is Cc1ccc(Cl)cc1C(=O)C1CCOC2(CCOCC2)C1. The first kappa shape index (κ1) is 15.0. The third-order valence-corrected chi connectivity index (χ3v) is 4.97. The van der Waals surface area contributed by atoms with Crippen LogP contribution in [-0.2, 0) is 9.47 Å². The highest BCUT2D eigenvalue weighted by Gasteiger charge is 2.41. The van der Waals surface area contributed by atoms with Gasteiger partial charge in [-0.1, -0.05) is 17.7 Å². The van der Waals surface area contributed by atoms with Gasteiger partial charge in [-0.3, -0.25) is 4.79 Å². The standard InChI is InChI=1S/C17H21ClO3/c1-12-2-3-14(18)10-15(12)16(19)13-4-7-21-17(11-13)5-8-20-9-6-17/h2-3,10,13H,4-9,11H2,1H3. The zero-order chi connectivity index (χ0) is 14.9. The molecule has 1 unspecified atom stereocenters. The summed E-state index contributed by atoms with van der Waals surface area (Å²) in [5, 5.41) is 0.622. The number of ether oxygens (including phenoxy) is 2. The average Bonchev–Trinajstić information content (AvgIpc) is 2.50. The van der Waals surface area contributed by atoms with Gasteiger partial charge in [-0.15, -0.1) is 0 Å². The molecule has 0 saturated carbocycles. The van der Waals surface area contributed by atoms with Crippen LogP contribution < -0.4 is 0 Å². The zero-order valence-corrected chi connectivity index (χ0v) is 13.1. The van der Waals surface area contributed by atoms with E-state index >= 15 is 0 Å². The van der Waals surface area contributed by atoms with E-state index in [4.69, 9.17) is 21.1 Å². The van der Waals surface area contributed by atoms with Crippen molar-refractivity contribution in [1.82, 2.24) is 0 Å². The lowest BCUT2D eigenvalue weighted by Gasteiger charge is -2.43. The molecule has 21 heavy (non-hydrogen) atoms. The number of aryl methyl sites for hydroxylation is 1. The van der Waals surface area contributed by atoms with Crippen molar-refractivity contribution in [2.24, 2.45) is 5.92 Å². The molecule has 0 amide bonds. The van der Waals surface area contributed by atoms with Gasteiger partial charge >= 0.3 is 0 Å². The van der Waals surface area contributed by atoms with E-state index in [2.05, 4.69) is 0 Å². The Morgan fingerprint density at radius 2 is 2.05 bits per heavy atom.